The second-order valence-corrected chi connectivity index (χ2v) is 8.46. The lowest BCUT2D eigenvalue weighted by Gasteiger charge is -2.30. The summed E-state index contributed by atoms with van der Waals surface area (Å²) in [6.07, 6.45) is 0.581. The fourth-order valence-electron chi connectivity index (χ4n) is 4.16. The molecule has 4 rings (SSSR count). The van der Waals surface area contributed by atoms with E-state index >= 15 is 0 Å². The molecule has 2 aliphatic rings. The Bertz CT molecular complexity index is 1100. The highest BCUT2D eigenvalue weighted by molar-refractivity contribution is 6.31. The van der Waals surface area contributed by atoms with Crippen LogP contribution in [-0.2, 0) is 20.9 Å². The van der Waals surface area contributed by atoms with Crippen molar-refractivity contribution in [3.63, 3.8) is 0 Å². The van der Waals surface area contributed by atoms with Crippen LogP contribution in [0.3, 0.4) is 0 Å². The molecular weight excluding hydrogens is 465 g/mol. The van der Waals surface area contributed by atoms with Crippen LogP contribution in [0.2, 0.25) is 5.02 Å². The first-order chi connectivity index (χ1) is 16.3. The lowest BCUT2D eigenvalue weighted by Crippen LogP contribution is -2.48. The van der Waals surface area contributed by atoms with Crippen LogP contribution in [0.4, 0.5) is 14.9 Å². The third-order valence-electron chi connectivity index (χ3n) is 5.77. The normalized spacial score (nSPS) is 22.0. The standard InChI is InChI=1S/C24H25ClFN3O5/c1-2-33-22(30)24(32)15-29(18-11-6-10-17(25)20(18)26)21(27-24)19-12-7-13-28(19)23(31)34-14-16-8-4-3-5-9-16/h3-6,8-11,19,32H,2,7,12-15H2,1H3. The molecule has 180 valence electrons. The number of amidine groups is 1. The van der Waals surface area contributed by atoms with Crippen molar-refractivity contribution in [2.24, 2.45) is 4.99 Å². The molecule has 0 spiro atoms. The van der Waals surface area contributed by atoms with Crippen molar-refractivity contribution >= 4 is 35.2 Å². The molecule has 0 bridgehead atoms. The minimum Gasteiger partial charge on any atom is -0.462 e. The summed E-state index contributed by atoms with van der Waals surface area (Å²) in [5.41, 5.74) is -1.37. The van der Waals surface area contributed by atoms with Crippen LogP contribution in [0, 0.1) is 5.82 Å². The quantitative estimate of drug-likeness (QED) is 0.621. The molecule has 34 heavy (non-hydrogen) atoms. The number of likely N-dealkylation sites (tertiary alicyclic amines) is 1. The van der Waals surface area contributed by atoms with Crippen LogP contribution >= 0.6 is 11.6 Å². The Morgan fingerprint density at radius 3 is 2.71 bits per heavy atom. The predicted octanol–water partition coefficient (Wildman–Crippen LogP) is 3.75. The summed E-state index contributed by atoms with van der Waals surface area (Å²) in [6, 6.07) is 13.1. The van der Waals surface area contributed by atoms with Crippen molar-refractivity contribution in [2.75, 3.05) is 24.6 Å². The number of carbonyl (C=O) groups excluding carboxylic acids is 2. The van der Waals surface area contributed by atoms with Crippen LogP contribution in [0.25, 0.3) is 0 Å². The molecule has 0 aliphatic carbocycles. The summed E-state index contributed by atoms with van der Waals surface area (Å²) in [4.78, 5) is 32.6. The first kappa shape index (κ1) is 24.0. The maximum Gasteiger partial charge on any atom is 0.410 e. The summed E-state index contributed by atoms with van der Waals surface area (Å²) in [7, 11) is 0. The molecule has 1 fully saturated rings. The first-order valence-electron chi connectivity index (χ1n) is 11.0. The van der Waals surface area contributed by atoms with Gasteiger partial charge in [0.2, 0.25) is 0 Å². The third-order valence-corrected chi connectivity index (χ3v) is 6.06. The number of β-amino-alcohol motifs (C(OH)–C–C–N with tert-alkyl or cyclic N) is 1. The maximum atomic E-state index is 14.9. The van der Waals surface area contributed by atoms with E-state index in [1.807, 2.05) is 30.3 Å². The van der Waals surface area contributed by atoms with Gasteiger partial charge in [-0.25, -0.2) is 19.0 Å². The molecule has 1 amide bonds. The molecule has 2 aromatic carbocycles. The number of carbonyl (C=O) groups is 2. The number of nitrogens with zero attached hydrogens (tertiary/aromatic N) is 3. The van der Waals surface area contributed by atoms with E-state index in [2.05, 4.69) is 4.99 Å². The Balaban J connectivity index is 1.63. The van der Waals surface area contributed by atoms with E-state index < -0.39 is 29.6 Å². The largest absolute Gasteiger partial charge is 0.462 e. The number of anilines is 1. The zero-order chi connectivity index (χ0) is 24.3. The Morgan fingerprint density at radius 1 is 1.21 bits per heavy atom. The Morgan fingerprint density at radius 2 is 1.97 bits per heavy atom. The summed E-state index contributed by atoms with van der Waals surface area (Å²) >= 11 is 5.98. The highest BCUT2D eigenvalue weighted by Crippen LogP contribution is 2.35. The molecule has 10 heteroatoms. The number of hydrogen-bond donors (Lipinski definition) is 1. The molecular formula is C24H25ClFN3O5. The number of amides is 1. The number of hydrogen-bond acceptors (Lipinski definition) is 7. The molecule has 1 saturated heterocycles. The lowest BCUT2D eigenvalue weighted by atomic mass is 10.1. The minimum atomic E-state index is -2.25. The van der Waals surface area contributed by atoms with E-state index in [9.17, 15) is 19.1 Å². The number of aliphatic imine (C=N–C) groups is 1. The van der Waals surface area contributed by atoms with Crippen molar-refractivity contribution < 1.29 is 28.6 Å². The number of ether oxygens (including phenoxy) is 2. The van der Waals surface area contributed by atoms with Gasteiger partial charge >= 0.3 is 12.1 Å². The number of halogens is 2. The molecule has 1 N–H and O–H groups in total. The highest BCUT2D eigenvalue weighted by Gasteiger charge is 2.50. The number of benzene rings is 2. The molecule has 2 aliphatic heterocycles. The summed E-state index contributed by atoms with van der Waals surface area (Å²) in [5.74, 6) is -1.50. The number of rotatable bonds is 6. The van der Waals surface area contributed by atoms with Gasteiger partial charge in [0.15, 0.2) is 5.82 Å². The van der Waals surface area contributed by atoms with Crippen LogP contribution in [0.1, 0.15) is 25.3 Å². The van der Waals surface area contributed by atoms with Crippen LogP contribution in [-0.4, -0.2) is 59.4 Å². The summed E-state index contributed by atoms with van der Waals surface area (Å²) < 4.78 is 25.4. The van der Waals surface area contributed by atoms with Gasteiger partial charge in [0.25, 0.3) is 5.72 Å². The number of esters is 1. The molecule has 0 aromatic heterocycles. The molecule has 8 nitrogen and oxygen atoms in total. The van der Waals surface area contributed by atoms with Gasteiger partial charge in [0.05, 0.1) is 29.9 Å². The summed E-state index contributed by atoms with van der Waals surface area (Å²) in [5, 5.41) is 10.9. The molecule has 2 aromatic rings. The van der Waals surface area contributed by atoms with Crippen molar-refractivity contribution in [3.8, 4) is 0 Å². The van der Waals surface area contributed by atoms with Gasteiger partial charge < -0.3 is 19.5 Å². The molecule has 2 heterocycles. The average molecular weight is 490 g/mol. The van der Waals surface area contributed by atoms with Crippen LogP contribution < -0.4 is 4.90 Å². The van der Waals surface area contributed by atoms with Crippen molar-refractivity contribution in [1.29, 1.82) is 0 Å². The topological polar surface area (TPSA) is 91.7 Å². The minimum absolute atomic E-state index is 0.0379. The molecule has 2 unspecified atom stereocenters. The van der Waals surface area contributed by atoms with Gasteiger partial charge in [-0.15, -0.1) is 0 Å². The number of aliphatic hydroxyl groups is 1. The van der Waals surface area contributed by atoms with E-state index in [0.717, 1.165) is 5.56 Å². The lowest BCUT2D eigenvalue weighted by molar-refractivity contribution is -0.162. The van der Waals surface area contributed by atoms with Gasteiger partial charge in [-0.2, -0.15) is 0 Å². The van der Waals surface area contributed by atoms with E-state index in [-0.39, 0.29) is 36.3 Å². The monoisotopic (exact) mass is 489 g/mol. The van der Waals surface area contributed by atoms with Crippen molar-refractivity contribution in [1.82, 2.24) is 4.90 Å². The zero-order valence-electron chi connectivity index (χ0n) is 18.6. The second kappa shape index (κ2) is 9.99. The predicted molar refractivity (Wildman–Crippen MR) is 124 cm³/mol. The van der Waals surface area contributed by atoms with E-state index in [4.69, 9.17) is 21.1 Å². The fraction of sp³-hybridized carbons (Fsp3) is 0.375. The fourth-order valence-corrected chi connectivity index (χ4v) is 4.33. The smallest absolute Gasteiger partial charge is 0.410 e. The van der Waals surface area contributed by atoms with Crippen LogP contribution in [0.5, 0.6) is 0 Å². The Labute approximate surface area is 201 Å². The van der Waals surface area contributed by atoms with Gasteiger partial charge in [0.1, 0.15) is 12.4 Å². The van der Waals surface area contributed by atoms with E-state index in [1.54, 1.807) is 13.0 Å². The van der Waals surface area contributed by atoms with Gasteiger partial charge in [-0.3, -0.25) is 4.90 Å². The third kappa shape index (κ3) is 4.71. The maximum absolute atomic E-state index is 14.9. The van der Waals surface area contributed by atoms with Gasteiger partial charge in [0, 0.05) is 6.54 Å². The molecule has 0 saturated carbocycles. The molecule has 2 atom stereocenters. The van der Waals surface area contributed by atoms with Crippen molar-refractivity contribution in [3.05, 3.63) is 64.9 Å². The highest BCUT2D eigenvalue weighted by atomic mass is 35.5. The Hall–Kier alpha value is -3.17. The average Bonchev–Trinajstić information content (AvgIpc) is 3.45. The van der Waals surface area contributed by atoms with E-state index in [1.165, 1.54) is 21.9 Å². The Kier molecular flexibility index (Phi) is 7.04. The zero-order valence-corrected chi connectivity index (χ0v) is 19.4. The van der Waals surface area contributed by atoms with Gasteiger partial charge in [-0.1, -0.05) is 48.0 Å². The first-order valence-corrected chi connectivity index (χ1v) is 11.4. The summed E-state index contributed by atoms with van der Waals surface area (Å²) in [6.45, 7) is 1.76. The van der Waals surface area contributed by atoms with Gasteiger partial charge in [-0.05, 0) is 37.5 Å². The van der Waals surface area contributed by atoms with E-state index in [0.29, 0.717) is 19.4 Å². The van der Waals surface area contributed by atoms with Crippen LogP contribution in [0.15, 0.2) is 53.5 Å². The molecule has 0 radical (unpaired) electrons. The second-order valence-electron chi connectivity index (χ2n) is 8.06. The SMILES string of the molecule is CCOC(=O)C1(O)CN(c2cccc(Cl)c2F)C(C2CCCN2C(=O)OCc2ccccc2)=N1. The van der Waals surface area contributed by atoms with Crippen molar-refractivity contribution in [2.45, 2.75) is 38.1 Å².